The molecule has 0 bridgehead atoms. The number of aromatic nitrogens is 2. The summed E-state index contributed by atoms with van der Waals surface area (Å²) < 4.78 is 27.1. The lowest BCUT2D eigenvalue weighted by atomic mass is 10.2. The average Bonchev–Trinajstić information content (AvgIpc) is 2.86. The maximum atomic E-state index is 12.6. The Hall–Kier alpha value is -1.38. The Labute approximate surface area is 126 Å². The molecular weight excluding hydrogens is 344 g/mol. The van der Waals surface area contributed by atoms with Gasteiger partial charge in [-0.1, -0.05) is 15.9 Å². The maximum Gasteiger partial charge on any atom is 0.243 e. The van der Waals surface area contributed by atoms with E-state index in [1.165, 1.54) is 11.4 Å². The van der Waals surface area contributed by atoms with Crippen LogP contribution in [-0.2, 0) is 16.6 Å². The van der Waals surface area contributed by atoms with Crippen LogP contribution in [0.25, 0.3) is 0 Å². The number of nitrogen functional groups attached to an aromatic ring is 1. The highest BCUT2D eigenvalue weighted by atomic mass is 79.9. The largest absolute Gasteiger partial charge is 0.398 e. The van der Waals surface area contributed by atoms with Crippen molar-refractivity contribution in [1.29, 1.82) is 0 Å². The first kappa shape index (κ1) is 15.0. The molecule has 0 saturated heterocycles. The first-order valence-corrected chi connectivity index (χ1v) is 8.05. The molecule has 0 aliphatic carbocycles. The van der Waals surface area contributed by atoms with E-state index in [1.807, 2.05) is 0 Å². The molecule has 1 aromatic heterocycles. The third-order valence-electron chi connectivity index (χ3n) is 3.01. The highest BCUT2D eigenvalue weighted by Crippen LogP contribution is 2.28. The third-order valence-corrected chi connectivity index (χ3v) is 5.40. The van der Waals surface area contributed by atoms with E-state index in [0.717, 1.165) is 5.56 Å². The molecule has 108 valence electrons. The van der Waals surface area contributed by atoms with Gasteiger partial charge in [0.2, 0.25) is 10.0 Å². The van der Waals surface area contributed by atoms with Crippen molar-refractivity contribution in [2.24, 2.45) is 0 Å². The predicted octanol–water partition coefficient (Wildman–Crippen LogP) is 1.88. The van der Waals surface area contributed by atoms with Gasteiger partial charge in [-0.25, -0.2) is 8.42 Å². The monoisotopic (exact) mass is 358 g/mol. The molecule has 0 radical (unpaired) electrons. The van der Waals surface area contributed by atoms with Crippen LogP contribution in [0.15, 0.2) is 33.9 Å². The van der Waals surface area contributed by atoms with Gasteiger partial charge in [0, 0.05) is 35.5 Å². The summed E-state index contributed by atoms with van der Waals surface area (Å²) >= 11 is 3.27. The van der Waals surface area contributed by atoms with Crippen LogP contribution in [0.4, 0.5) is 5.69 Å². The number of nitrogens with one attached hydrogen (secondary N) is 1. The Bertz CT molecular complexity index is 713. The lowest BCUT2D eigenvalue weighted by Gasteiger charge is -2.19. The van der Waals surface area contributed by atoms with Crippen LogP contribution < -0.4 is 5.73 Å². The van der Waals surface area contributed by atoms with Gasteiger partial charge in [0.25, 0.3) is 0 Å². The van der Waals surface area contributed by atoms with Gasteiger partial charge in [-0.15, -0.1) is 0 Å². The van der Waals surface area contributed by atoms with Crippen LogP contribution in [-0.4, -0.2) is 30.0 Å². The number of benzene rings is 1. The molecule has 20 heavy (non-hydrogen) atoms. The minimum Gasteiger partial charge on any atom is -0.398 e. The number of nitrogens with zero attached hydrogens (tertiary/aromatic N) is 2. The van der Waals surface area contributed by atoms with E-state index in [1.54, 1.807) is 31.5 Å². The Morgan fingerprint density at radius 3 is 2.75 bits per heavy atom. The molecule has 0 aliphatic rings. The third kappa shape index (κ3) is 2.87. The average molecular weight is 359 g/mol. The van der Waals surface area contributed by atoms with Gasteiger partial charge in [0.15, 0.2) is 0 Å². The molecule has 1 aromatic carbocycles. The molecule has 2 rings (SSSR count). The Balaban J connectivity index is 2.40. The topological polar surface area (TPSA) is 92.1 Å². The minimum absolute atomic E-state index is 0.204. The summed E-state index contributed by atoms with van der Waals surface area (Å²) in [6.07, 6.45) is 3.25. The molecule has 0 unspecified atom stereocenters. The van der Waals surface area contributed by atoms with Crippen molar-refractivity contribution in [2.45, 2.75) is 18.4 Å². The summed E-state index contributed by atoms with van der Waals surface area (Å²) in [5.41, 5.74) is 7.60. The van der Waals surface area contributed by atoms with Crippen molar-refractivity contribution in [3.05, 3.63) is 40.1 Å². The van der Waals surface area contributed by atoms with Crippen LogP contribution in [0.3, 0.4) is 0 Å². The maximum absolute atomic E-state index is 12.6. The summed E-state index contributed by atoms with van der Waals surface area (Å²) in [6, 6.07) is 3.25. The molecule has 0 saturated carbocycles. The number of halogens is 1. The van der Waals surface area contributed by atoms with Crippen LogP contribution in [0.1, 0.15) is 11.1 Å². The molecule has 0 amide bonds. The van der Waals surface area contributed by atoms with Crippen LogP contribution in [0.2, 0.25) is 0 Å². The molecule has 8 heteroatoms. The van der Waals surface area contributed by atoms with Gasteiger partial charge in [-0.3, -0.25) is 5.10 Å². The van der Waals surface area contributed by atoms with E-state index < -0.39 is 10.0 Å². The zero-order valence-electron chi connectivity index (χ0n) is 11.1. The Kier molecular flexibility index (Phi) is 4.17. The van der Waals surface area contributed by atoms with E-state index >= 15 is 0 Å². The normalized spacial score (nSPS) is 12.0. The van der Waals surface area contributed by atoms with Gasteiger partial charge in [-0.2, -0.15) is 9.40 Å². The second-order valence-electron chi connectivity index (χ2n) is 4.49. The number of hydrogen-bond donors (Lipinski definition) is 2. The number of sulfonamides is 1. The molecule has 0 fully saturated rings. The number of aromatic amines is 1. The molecule has 2 aromatic rings. The standard InChI is InChI=1S/C12H15BrN4O2S/c1-8-11(14)3-10(13)4-12(8)20(18,19)17(2)7-9-5-15-16-6-9/h3-6H,7,14H2,1-2H3,(H,15,16). The van der Waals surface area contributed by atoms with Crippen LogP contribution in [0.5, 0.6) is 0 Å². The molecule has 6 nitrogen and oxygen atoms in total. The van der Waals surface area contributed by atoms with Crippen molar-refractivity contribution < 1.29 is 8.42 Å². The number of anilines is 1. The smallest absolute Gasteiger partial charge is 0.243 e. The summed E-state index contributed by atoms with van der Waals surface area (Å²) in [4.78, 5) is 0.204. The number of rotatable bonds is 4. The predicted molar refractivity (Wildman–Crippen MR) is 80.5 cm³/mol. The Morgan fingerprint density at radius 2 is 2.15 bits per heavy atom. The molecular formula is C12H15BrN4O2S. The fourth-order valence-electron chi connectivity index (χ4n) is 1.82. The molecule has 3 N–H and O–H groups in total. The lowest BCUT2D eigenvalue weighted by molar-refractivity contribution is 0.466. The van der Waals surface area contributed by atoms with Crippen molar-refractivity contribution in [2.75, 3.05) is 12.8 Å². The summed E-state index contributed by atoms with van der Waals surface area (Å²) in [5.74, 6) is 0. The van der Waals surface area contributed by atoms with Crippen molar-refractivity contribution in [1.82, 2.24) is 14.5 Å². The molecule has 0 atom stereocenters. The van der Waals surface area contributed by atoms with E-state index in [0.29, 0.717) is 15.7 Å². The summed E-state index contributed by atoms with van der Waals surface area (Å²) in [5, 5.41) is 6.46. The zero-order valence-corrected chi connectivity index (χ0v) is 13.5. The van der Waals surface area contributed by atoms with E-state index in [2.05, 4.69) is 26.1 Å². The first-order valence-electron chi connectivity index (χ1n) is 5.82. The second kappa shape index (κ2) is 5.55. The minimum atomic E-state index is -3.61. The van der Waals surface area contributed by atoms with Gasteiger partial charge in [0.05, 0.1) is 11.1 Å². The SMILES string of the molecule is Cc1c(N)cc(Br)cc1S(=O)(=O)N(C)Cc1cn[nH]c1. The van der Waals surface area contributed by atoms with Crippen molar-refractivity contribution in [3.63, 3.8) is 0 Å². The molecule has 1 heterocycles. The van der Waals surface area contributed by atoms with E-state index in [4.69, 9.17) is 5.73 Å². The van der Waals surface area contributed by atoms with Crippen molar-refractivity contribution >= 4 is 31.6 Å². The number of nitrogens with two attached hydrogens (primary N) is 1. The van der Waals surface area contributed by atoms with Gasteiger partial charge >= 0.3 is 0 Å². The van der Waals surface area contributed by atoms with Crippen molar-refractivity contribution in [3.8, 4) is 0 Å². The summed E-state index contributed by atoms with van der Waals surface area (Å²) in [6.45, 7) is 1.94. The highest BCUT2D eigenvalue weighted by molar-refractivity contribution is 9.10. The van der Waals surface area contributed by atoms with Gasteiger partial charge in [-0.05, 0) is 24.6 Å². The first-order chi connectivity index (χ1) is 9.32. The lowest BCUT2D eigenvalue weighted by Crippen LogP contribution is -2.27. The fourth-order valence-corrected chi connectivity index (χ4v) is 3.88. The number of hydrogen-bond acceptors (Lipinski definition) is 4. The zero-order chi connectivity index (χ0) is 14.9. The van der Waals surface area contributed by atoms with E-state index in [-0.39, 0.29) is 11.4 Å². The van der Waals surface area contributed by atoms with Crippen LogP contribution >= 0.6 is 15.9 Å². The Morgan fingerprint density at radius 1 is 1.45 bits per heavy atom. The molecule has 0 spiro atoms. The van der Waals surface area contributed by atoms with Crippen LogP contribution in [0, 0.1) is 6.92 Å². The highest BCUT2D eigenvalue weighted by Gasteiger charge is 2.24. The number of H-pyrrole nitrogens is 1. The van der Waals surface area contributed by atoms with Gasteiger partial charge < -0.3 is 5.73 Å². The summed E-state index contributed by atoms with van der Waals surface area (Å²) in [7, 11) is -2.08. The van der Waals surface area contributed by atoms with Gasteiger partial charge in [0.1, 0.15) is 0 Å². The molecule has 0 aliphatic heterocycles. The second-order valence-corrected chi connectivity index (χ2v) is 7.41. The quantitative estimate of drug-likeness (QED) is 0.816. The fraction of sp³-hybridized carbons (Fsp3) is 0.250. The van der Waals surface area contributed by atoms with E-state index in [9.17, 15) is 8.42 Å².